The highest BCUT2D eigenvalue weighted by Gasteiger charge is 2.30. The number of nitrogens with zero attached hydrogens (tertiary/aromatic N) is 1. The molecule has 0 aliphatic heterocycles. The molecular formula is C31H64N+. The van der Waals surface area contributed by atoms with Crippen molar-refractivity contribution in [3.63, 3.8) is 0 Å². The molecule has 0 heterocycles. The van der Waals surface area contributed by atoms with Gasteiger partial charge in [0.1, 0.15) is 0 Å². The van der Waals surface area contributed by atoms with Crippen molar-refractivity contribution < 1.29 is 4.48 Å². The van der Waals surface area contributed by atoms with Gasteiger partial charge < -0.3 is 4.48 Å². The maximum atomic E-state index is 4.16. The first-order valence-electron chi connectivity index (χ1n) is 15.1. The van der Waals surface area contributed by atoms with E-state index in [0.717, 1.165) is 12.6 Å². The van der Waals surface area contributed by atoms with Crippen LogP contribution in [0.25, 0.3) is 0 Å². The Morgan fingerprint density at radius 2 is 0.875 bits per heavy atom. The molecule has 0 N–H and O–H groups in total. The number of likely N-dealkylation sites (N-methyl/N-ethyl adjacent to an activating group) is 1. The molecule has 0 aliphatic carbocycles. The Balaban J connectivity index is 4.56. The van der Waals surface area contributed by atoms with E-state index in [4.69, 9.17) is 0 Å². The van der Waals surface area contributed by atoms with E-state index in [2.05, 4.69) is 40.5 Å². The Kier molecular flexibility index (Phi) is 23.6. The Labute approximate surface area is 205 Å². The zero-order chi connectivity index (χ0) is 23.8. The molecule has 0 rings (SSSR count). The van der Waals surface area contributed by atoms with E-state index in [9.17, 15) is 0 Å². The molecule has 0 saturated heterocycles. The van der Waals surface area contributed by atoms with Crippen LogP contribution < -0.4 is 0 Å². The van der Waals surface area contributed by atoms with Crippen LogP contribution in [0.3, 0.4) is 0 Å². The lowest BCUT2D eigenvalue weighted by Gasteiger charge is -2.42. The Bertz CT molecular complexity index is 361. The molecule has 0 bridgehead atoms. The van der Waals surface area contributed by atoms with E-state index in [1.165, 1.54) is 152 Å². The molecule has 0 aromatic rings. The van der Waals surface area contributed by atoms with Crippen LogP contribution in [0.1, 0.15) is 162 Å². The van der Waals surface area contributed by atoms with Crippen LogP contribution in [0.5, 0.6) is 0 Å². The highest BCUT2D eigenvalue weighted by atomic mass is 15.3. The van der Waals surface area contributed by atoms with Crippen LogP contribution in [0.15, 0.2) is 12.7 Å². The standard InChI is InChI=1S/C31H64N/c1-6-10-13-16-19-20-23-26-30-32(5,29-9-4)31(27-24-21-17-14-11-7-2)28-25-22-18-15-12-8-3/h9,31H,4,6-8,10-30H2,1-3,5H3/q+1. The van der Waals surface area contributed by atoms with E-state index in [1.54, 1.807) is 0 Å². The van der Waals surface area contributed by atoms with E-state index in [-0.39, 0.29) is 0 Å². The fourth-order valence-corrected chi connectivity index (χ4v) is 5.41. The largest absolute Gasteiger partial charge is 0.320 e. The summed E-state index contributed by atoms with van der Waals surface area (Å²) in [7, 11) is 2.56. The summed E-state index contributed by atoms with van der Waals surface area (Å²) < 4.78 is 1.25. The van der Waals surface area contributed by atoms with Crippen molar-refractivity contribution in [2.45, 2.75) is 168 Å². The third-order valence-electron chi connectivity index (χ3n) is 7.73. The monoisotopic (exact) mass is 451 g/mol. The zero-order valence-electron chi connectivity index (χ0n) is 23.3. The fraction of sp³-hybridized carbons (Fsp3) is 0.935. The molecule has 1 atom stereocenters. The van der Waals surface area contributed by atoms with Gasteiger partial charge >= 0.3 is 0 Å². The van der Waals surface area contributed by atoms with Crippen molar-refractivity contribution in [2.24, 2.45) is 0 Å². The van der Waals surface area contributed by atoms with Gasteiger partial charge in [0, 0.05) is 0 Å². The lowest BCUT2D eigenvalue weighted by Crippen LogP contribution is -2.53. The first-order chi connectivity index (χ1) is 15.6. The van der Waals surface area contributed by atoms with E-state index < -0.39 is 0 Å². The maximum Gasteiger partial charge on any atom is 0.0971 e. The van der Waals surface area contributed by atoms with E-state index >= 15 is 0 Å². The van der Waals surface area contributed by atoms with Gasteiger partial charge in [0.2, 0.25) is 0 Å². The van der Waals surface area contributed by atoms with Gasteiger partial charge in [-0.3, -0.25) is 0 Å². The normalized spacial score (nSPS) is 13.5. The molecule has 0 amide bonds. The molecule has 1 nitrogen and oxygen atoms in total. The molecule has 0 aromatic carbocycles. The van der Waals surface area contributed by atoms with Crippen molar-refractivity contribution in [1.29, 1.82) is 0 Å². The summed E-state index contributed by atoms with van der Waals surface area (Å²) in [6.45, 7) is 13.6. The smallest absolute Gasteiger partial charge is 0.0971 e. The third-order valence-corrected chi connectivity index (χ3v) is 7.73. The molecule has 0 aliphatic rings. The SMILES string of the molecule is C=CC[N+](C)(CCCCCCCCCC)C(CCCCCCCC)CCCCCCCC. The summed E-state index contributed by atoms with van der Waals surface area (Å²) in [6, 6.07) is 0.843. The molecular weight excluding hydrogens is 386 g/mol. The number of rotatable bonds is 26. The van der Waals surface area contributed by atoms with Crippen molar-refractivity contribution in [2.75, 3.05) is 20.1 Å². The van der Waals surface area contributed by atoms with Crippen molar-refractivity contribution in [3.05, 3.63) is 12.7 Å². The van der Waals surface area contributed by atoms with Crippen LogP contribution in [0.4, 0.5) is 0 Å². The molecule has 1 unspecified atom stereocenters. The number of unbranched alkanes of at least 4 members (excludes halogenated alkanes) is 17. The number of quaternary nitrogens is 1. The lowest BCUT2D eigenvalue weighted by molar-refractivity contribution is -0.929. The summed E-state index contributed by atoms with van der Waals surface area (Å²) in [6.07, 6.45) is 33.6. The highest BCUT2D eigenvalue weighted by molar-refractivity contribution is 4.70. The minimum absolute atomic E-state index is 0.843. The van der Waals surface area contributed by atoms with Gasteiger partial charge in [0.15, 0.2) is 0 Å². The summed E-state index contributed by atoms with van der Waals surface area (Å²) in [5, 5.41) is 0. The average Bonchev–Trinajstić information content (AvgIpc) is 2.79. The van der Waals surface area contributed by atoms with Crippen LogP contribution in [0.2, 0.25) is 0 Å². The summed E-state index contributed by atoms with van der Waals surface area (Å²) >= 11 is 0. The molecule has 0 fully saturated rings. The molecule has 192 valence electrons. The van der Waals surface area contributed by atoms with Crippen molar-refractivity contribution in [3.8, 4) is 0 Å². The summed E-state index contributed by atoms with van der Waals surface area (Å²) in [5.74, 6) is 0. The predicted octanol–water partition coefficient (Wildman–Crippen LogP) is 10.6. The van der Waals surface area contributed by atoms with Gasteiger partial charge in [-0.05, 0) is 44.6 Å². The molecule has 0 saturated carbocycles. The average molecular weight is 451 g/mol. The third kappa shape index (κ3) is 18.2. The Hall–Kier alpha value is -0.300. The van der Waals surface area contributed by atoms with Gasteiger partial charge in [-0.15, -0.1) is 0 Å². The van der Waals surface area contributed by atoms with Crippen molar-refractivity contribution in [1.82, 2.24) is 0 Å². The van der Waals surface area contributed by atoms with Crippen molar-refractivity contribution >= 4 is 0 Å². The van der Waals surface area contributed by atoms with Gasteiger partial charge in [-0.25, -0.2) is 0 Å². The highest BCUT2D eigenvalue weighted by Crippen LogP contribution is 2.25. The molecule has 0 aromatic heterocycles. The summed E-state index contributed by atoms with van der Waals surface area (Å²) in [4.78, 5) is 0. The molecule has 32 heavy (non-hydrogen) atoms. The van der Waals surface area contributed by atoms with Crippen LogP contribution in [-0.4, -0.2) is 30.7 Å². The predicted molar refractivity (Wildman–Crippen MR) is 148 cm³/mol. The topological polar surface area (TPSA) is 0 Å². The fourth-order valence-electron chi connectivity index (χ4n) is 5.41. The van der Waals surface area contributed by atoms with Gasteiger partial charge in [0.05, 0.1) is 26.2 Å². The maximum absolute atomic E-state index is 4.16. The summed E-state index contributed by atoms with van der Waals surface area (Å²) in [5.41, 5.74) is 0. The minimum atomic E-state index is 0.843. The molecule has 1 heteroatoms. The van der Waals surface area contributed by atoms with Crippen LogP contribution in [0, 0.1) is 0 Å². The molecule has 0 spiro atoms. The van der Waals surface area contributed by atoms with Gasteiger partial charge in [0.25, 0.3) is 0 Å². The van der Waals surface area contributed by atoms with E-state index in [1.807, 2.05) is 0 Å². The Morgan fingerprint density at radius 3 is 1.25 bits per heavy atom. The Morgan fingerprint density at radius 1 is 0.531 bits per heavy atom. The first-order valence-corrected chi connectivity index (χ1v) is 15.1. The van der Waals surface area contributed by atoms with Crippen LogP contribution in [-0.2, 0) is 0 Å². The number of hydrogen-bond acceptors (Lipinski definition) is 0. The second kappa shape index (κ2) is 23.8. The quantitative estimate of drug-likeness (QED) is 0.0698. The van der Waals surface area contributed by atoms with Gasteiger partial charge in [-0.1, -0.05) is 130 Å². The minimum Gasteiger partial charge on any atom is -0.320 e. The first kappa shape index (κ1) is 31.7. The van der Waals surface area contributed by atoms with Crippen LogP contribution >= 0.6 is 0 Å². The lowest BCUT2D eigenvalue weighted by atomic mass is 9.96. The zero-order valence-corrected chi connectivity index (χ0v) is 23.3. The second-order valence-corrected chi connectivity index (χ2v) is 10.9. The van der Waals surface area contributed by atoms with Gasteiger partial charge in [-0.2, -0.15) is 0 Å². The number of hydrogen-bond donors (Lipinski definition) is 0. The van der Waals surface area contributed by atoms with E-state index in [0.29, 0.717) is 0 Å². The second-order valence-electron chi connectivity index (χ2n) is 10.9. The molecule has 0 radical (unpaired) electrons.